The van der Waals surface area contributed by atoms with Gasteiger partial charge in [-0.05, 0) is 55.3 Å². The predicted molar refractivity (Wildman–Crippen MR) is 105 cm³/mol. The lowest BCUT2D eigenvalue weighted by atomic mass is 10.1. The summed E-state index contributed by atoms with van der Waals surface area (Å²) in [5.41, 5.74) is 2.76. The number of nitrogens with zero attached hydrogens (tertiary/aromatic N) is 1. The van der Waals surface area contributed by atoms with Gasteiger partial charge < -0.3 is 15.5 Å². The summed E-state index contributed by atoms with van der Waals surface area (Å²) in [5.74, 6) is -1.85. The van der Waals surface area contributed by atoms with Crippen LogP contribution in [0.25, 0.3) is 0 Å². The fourth-order valence-corrected chi connectivity index (χ4v) is 3.27. The average Bonchev–Trinajstić information content (AvgIpc) is 3.04. The molecular formula is C21H22FN3O3. The Kier molecular flexibility index (Phi) is 5.44. The third-order valence-corrected chi connectivity index (χ3v) is 4.86. The molecule has 2 N–H and O–H groups in total. The summed E-state index contributed by atoms with van der Waals surface area (Å²) in [4.78, 5) is 38.0. The predicted octanol–water partition coefficient (Wildman–Crippen LogP) is 2.79. The highest BCUT2D eigenvalue weighted by atomic mass is 19.1. The molecule has 0 aliphatic carbocycles. The summed E-state index contributed by atoms with van der Waals surface area (Å²) >= 11 is 0. The number of hydrogen-bond acceptors (Lipinski definition) is 3. The first-order valence-electron chi connectivity index (χ1n) is 9.00. The number of nitrogens with one attached hydrogen (secondary N) is 2. The molecule has 1 unspecified atom stereocenters. The molecule has 3 rings (SSSR count). The maximum Gasteiger partial charge on any atom is 0.251 e. The Balaban J connectivity index is 1.72. The summed E-state index contributed by atoms with van der Waals surface area (Å²) in [6.45, 7) is 3.68. The molecule has 2 aromatic rings. The van der Waals surface area contributed by atoms with Gasteiger partial charge in [-0.3, -0.25) is 14.4 Å². The second kappa shape index (κ2) is 7.80. The quantitative estimate of drug-likeness (QED) is 0.852. The Morgan fingerprint density at radius 2 is 1.89 bits per heavy atom. The van der Waals surface area contributed by atoms with E-state index in [-0.39, 0.29) is 36.4 Å². The van der Waals surface area contributed by atoms with E-state index < -0.39 is 11.7 Å². The SMILES string of the molecule is CNC(=O)c1ccc(NC(=O)C2CC(=O)N(c3ccc(C)cc3F)C2)c(C)c1. The van der Waals surface area contributed by atoms with Crippen LogP contribution in [0, 0.1) is 25.6 Å². The van der Waals surface area contributed by atoms with Crippen LogP contribution in [0.1, 0.15) is 27.9 Å². The molecule has 146 valence electrons. The fourth-order valence-electron chi connectivity index (χ4n) is 3.27. The van der Waals surface area contributed by atoms with Gasteiger partial charge in [0.15, 0.2) is 0 Å². The second-order valence-electron chi connectivity index (χ2n) is 6.96. The lowest BCUT2D eigenvalue weighted by molar-refractivity contribution is -0.122. The molecule has 28 heavy (non-hydrogen) atoms. The maximum atomic E-state index is 14.2. The first-order valence-corrected chi connectivity index (χ1v) is 9.00. The highest BCUT2D eigenvalue weighted by molar-refractivity contribution is 6.04. The van der Waals surface area contributed by atoms with E-state index in [9.17, 15) is 18.8 Å². The average molecular weight is 383 g/mol. The first-order chi connectivity index (χ1) is 13.3. The fraction of sp³-hybridized carbons (Fsp3) is 0.286. The van der Waals surface area contributed by atoms with Gasteiger partial charge in [0.1, 0.15) is 5.82 Å². The van der Waals surface area contributed by atoms with Crippen LogP contribution in [0.4, 0.5) is 15.8 Å². The maximum absolute atomic E-state index is 14.2. The zero-order chi connectivity index (χ0) is 20.4. The van der Waals surface area contributed by atoms with Crippen molar-refractivity contribution in [2.75, 3.05) is 23.8 Å². The Labute approximate surface area is 162 Å². The van der Waals surface area contributed by atoms with Gasteiger partial charge in [-0.25, -0.2) is 4.39 Å². The molecule has 0 radical (unpaired) electrons. The lowest BCUT2D eigenvalue weighted by Crippen LogP contribution is -2.29. The van der Waals surface area contributed by atoms with Crippen molar-refractivity contribution in [2.45, 2.75) is 20.3 Å². The van der Waals surface area contributed by atoms with E-state index in [1.165, 1.54) is 11.0 Å². The molecule has 1 fully saturated rings. The minimum atomic E-state index is -0.578. The number of anilines is 2. The van der Waals surface area contributed by atoms with E-state index in [4.69, 9.17) is 0 Å². The van der Waals surface area contributed by atoms with Crippen molar-refractivity contribution in [1.82, 2.24) is 5.32 Å². The van der Waals surface area contributed by atoms with E-state index in [0.29, 0.717) is 11.3 Å². The molecule has 0 aromatic heterocycles. The second-order valence-corrected chi connectivity index (χ2v) is 6.96. The zero-order valence-corrected chi connectivity index (χ0v) is 16.0. The van der Waals surface area contributed by atoms with Crippen LogP contribution in [-0.2, 0) is 9.59 Å². The molecule has 3 amide bonds. The monoisotopic (exact) mass is 383 g/mol. The summed E-state index contributed by atoms with van der Waals surface area (Å²) in [6.07, 6.45) is 0.0223. The van der Waals surface area contributed by atoms with Crippen LogP contribution in [0.3, 0.4) is 0 Å². The van der Waals surface area contributed by atoms with Crippen molar-refractivity contribution in [3.63, 3.8) is 0 Å². The van der Waals surface area contributed by atoms with Gasteiger partial charge in [-0.15, -0.1) is 0 Å². The van der Waals surface area contributed by atoms with E-state index in [1.54, 1.807) is 51.2 Å². The Morgan fingerprint density at radius 1 is 1.14 bits per heavy atom. The van der Waals surface area contributed by atoms with Crippen LogP contribution >= 0.6 is 0 Å². The summed E-state index contributed by atoms with van der Waals surface area (Å²) < 4.78 is 14.2. The number of hydrogen-bond donors (Lipinski definition) is 2. The minimum Gasteiger partial charge on any atom is -0.355 e. The van der Waals surface area contributed by atoms with Crippen molar-refractivity contribution >= 4 is 29.1 Å². The highest BCUT2D eigenvalue weighted by Crippen LogP contribution is 2.29. The molecular weight excluding hydrogens is 361 g/mol. The van der Waals surface area contributed by atoms with E-state index in [1.807, 2.05) is 0 Å². The van der Waals surface area contributed by atoms with Gasteiger partial charge in [-0.2, -0.15) is 0 Å². The molecule has 6 nitrogen and oxygen atoms in total. The summed E-state index contributed by atoms with van der Waals surface area (Å²) in [6, 6.07) is 9.62. The molecule has 0 spiro atoms. The van der Waals surface area contributed by atoms with Gasteiger partial charge in [0.25, 0.3) is 5.91 Å². The van der Waals surface area contributed by atoms with Crippen LogP contribution in [0.2, 0.25) is 0 Å². The van der Waals surface area contributed by atoms with Gasteiger partial charge in [0.05, 0.1) is 11.6 Å². The first kappa shape index (κ1) is 19.5. The number of amides is 3. The molecule has 2 aromatic carbocycles. The summed E-state index contributed by atoms with van der Waals surface area (Å²) in [7, 11) is 1.55. The van der Waals surface area contributed by atoms with Gasteiger partial charge >= 0.3 is 0 Å². The lowest BCUT2D eigenvalue weighted by Gasteiger charge is -2.18. The number of benzene rings is 2. The van der Waals surface area contributed by atoms with E-state index in [0.717, 1.165) is 11.1 Å². The van der Waals surface area contributed by atoms with Crippen LogP contribution in [0.15, 0.2) is 36.4 Å². The van der Waals surface area contributed by atoms with Crippen LogP contribution < -0.4 is 15.5 Å². The van der Waals surface area contributed by atoms with Crippen molar-refractivity contribution in [3.05, 3.63) is 58.9 Å². The van der Waals surface area contributed by atoms with Crippen molar-refractivity contribution in [3.8, 4) is 0 Å². The van der Waals surface area contributed by atoms with E-state index >= 15 is 0 Å². The topological polar surface area (TPSA) is 78.5 Å². The number of carbonyl (C=O) groups excluding carboxylic acids is 3. The standard InChI is InChI=1S/C21H22FN3O3/c1-12-4-7-18(16(22)8-12)25-11-15(10-19(25)26)21(28)24-17-6-5-14(9-13(17)2)20(27)23-3/h4-9,15H,10-11H2,1-3H3,(H,23,27)(H,24,28). The Bertz CT molecular complexity index is 958. The number of halogens is 1. The zero-order valence-electron chi connectivity index (χ0n) is 16.0. The normalized spacial score (nSPS) is 16.2. The van der Waals surface area contributed by atoms with Crippen LogP contribution in [-0.4, -0.2) is 31.3 Å². The van der Waals surface area contributed by atoms with Gasteiger partial charge in [0.2, 0.25) is 11.8 Å². The molecule has 1 aliphatic rings. The highest BCUT2D eigenvalue weighted by Gasteiger charge is 2.36. The molecule has 1 atom stereocenters. The molecule has 7 heteroatoms. The Hall–Kier alpha value is -3.22. The molecule has 1 heterocycles. The molecule has 1 saturated heterocycles. The largest absolute Gasteiger partial charge is 0.355 e. The van der Waals surface area contributed by atoms with Crippen molar-refractivity contribution in [2.24, 2.45) is 5.92 Å². The van der Waals surface area contributed by atoms with Crippen molar-refractivity contribution in [1.29, 1.82) is 0 Å². The Morgan fingerprint density at radius 3 is 2.54 bits per heavy atom. The third kappa shape index (κ3) is 3.88. The number of aryl methyl sites for hydroxylation is 2. The molecule has 1 aliphatic heterocycles. The molecule has 0 bridgehead atoms. The minimum absolute atomic E-state index is 0.0223. The van der Waals surface area contributed by atoms with Crippen LogP contribution in [0.5, 0.6) is 0 Å². The summed E-state index contributed by atoms with van der Waals surface area (Å²) in [5, 5.41) is 5.36. The number of carbonyl (C=O) groups is 3. The van der Waals surface area contributed by atoms with E-state index in [2.05, 4.69) is 10.6 Å². The third-order valence-electron chi connectivity index (χ3n) is 4.86. The number of rotatable bonds is 4. The van der Waals surface area contributed by atoms with Gasteiger partial charge in [-0.1, -0.05) is 6.07 Å². The van der Waals surface area contributed by atoms with Gasteiger partial charge in [0, 0.05) is 31.3 Å². The smallest absolute Gasteiger partial charge is 0.251 e. The van der Waals surface area contributed by atoms with Crippen molar-refractivity contribution < 1.29 is 18.8 Å². The molecule has 0 saturated carbocycles.